The van der Waals surface area contributed by atoms with Crippen molar-refractivity contribution >= 4 is 0 Å². The number of nitrogens with two attached hydrogens (primary N) is 1. The summed E-state index contributed by atoms with van der Waals surface area (Å²) >= 11 is 0. The number of rotatable bonds is 3. The summed E-state index contributed by atoms with van der Waals surface area (Å²) in [5.41, 5.74) is 5.84. The van der Waals surface area contributed by atoms with Crippen LogP contribution >= 0.6 is 0 Å². The van der Waals surface area contributed by atoms with Gasteiger partial charge in [0.15, 0.2) is 5.82 Å². The molecule has 1 heterocycles. The van der Waals surface area contributed by atoms with Crippen LogP contribution < -0.4 is 5.73 Å². The Morgan fingerprint density at radius 3 is 2.81 bits per heavy atom. The number of nitrogens with zero attached hydrogens (tertiary/aromatic N) is 3. The van der Waals surface area contributed by atoms with Crippen LogP contribution in [0.3, 0.4) is 0 Å². The fourth-order valence-corrected chi connectivity index (χ4v) is 1.53. The summed E-state index contributed by atoms with van der Waals surface area (Å²) in [5, 5.41) is 4.22. The standard InChI is InChI=1S/C11H13FN4/c1-8-14-11(6-7-13)15-16(8)10-5-3-2-4-9(10)12/h2-5H,6-7,13H2,1H3. The van der Waals surface area contributed by atoms with Gasteiger partial charge in [-0.2, -0.15) is 5.10 Å². The van der Waals surface area contributed by atoms with Crippen molar-refractivity contribution in [1.82, 2.24) is 14.8 Å². The lowest BCUT2D eigenvalue weighted by Gasteiger charge is -2.03. The molecule has 4 nitrogen and oxygen atoms in total. The van der Waals surface area contributed by atoms with Gasteiger partial charge in [0.1, 0.15) is 17.3 Å². The van der Waals surface area contributed by atoms with Crippen LogP contribution in [-0.4, -0.2) is 21.3 Å². The largest absolute Gasteiger partial charge is 0.330 e. The lowest BCUT2D eigenvalue weighted by molar-refractivity contribution is 0.607. The summed E-state index contributed by atoms with van der Waals surface area (Å²) in [7, 11) is 0. The van der Waals surface area contributed by atoms with Crippen LogP contribution in [0, 0.1) is 12.7 Å². The molecule has 2 aromatic rings. The fourth-order valence-electron chi connectivity index (χ4n) is 1.53. The third kappa shape index (κ3) is 1.94. The third-order valence-electron chi connectivity index (χ3n) is 2.26. The molecule has 2 N–H and O–H groups in total. The molecule has 0 radical (unpaired) electrons. The summed E-state index contributed by atoms with van der Waals surface area (Å²) in [6.07, 6.45) is 0.599. The molecule has 2 rings (SSSR count). The van der Waals surface area contributed by atoms with Gasteiger partial charge < -0.3 is 5.73 Å². The van der Waals surface area contributed by atoms with Crippen LogP contribution in [0.1, 0.15) is 11.6 Å². The van der Waals surface area contributed by atoms with E-state index in [1.807, 2.05) is 0 Å². The monoisotopic (exact) mass is 220 g/mol. The number of halogens is 1. The Hall–Kier alpha value is -1.75. The lowest BCUT2D eigenvalue weighted by atomic mass is 10.3. The second-order valence-corrected chi connectivity index (χ2v) is 3.48. The van der Waals surface area contributed by atoms with Gasteiger partial charge in [0.05, 0.1) is 0 Å². The minimum Gasteiger partial charge on any atom is -0.330 e. The van der Waals surface area contributed by atoms with Gasteiger partial charge in [0.2, 0.25) is 0 Å². The van der Waals surface area contributed by atoms with Gasteiger partial charge in [-0.3, -0.25) is 0 Å². The SMILES string of the molecule is Cc1nc(CCN)nn1-c1ccccc1F. The second-order valence-electron chi connectivity index (χ2n) is 3.48. The molecular formula is C11H13FN4. The van der Waals surface area contributed by atoms with Crippen LogP contribution in [0.2, 0.25) is 0 Å². The summed E-state index contributed by atoms with van der Waals surface area (Å²) < 4.78 is 15.0. The van der Waals surface area contributed by atoms with Gasteiger partial charge in [0, 0.05) is 6.42 Å². The second kappa shape index (κ2) is 4.40. The molecule has 1 aromatic carbocycles. The van der Waals surface area contributed by atoms with Crippen molar-refractivity contribution < 1.29 is 4.39 Å². The van der Waals surface area contributed by atoms with Gasteiger partial charge in [-0.15, -0.1) is 0 Å². The van der Waals surface area contributed by atoms with Gasteiger partial charge >= 0.3 is 0 Å². The van der Waals surface area contributed by atoms with Crippen molar-refractivity contribution in [2.24, 2.45) is 5.73 Å². The first-order valence-corrected chi connectivity index (χ1v) is 5.10. The maximum absolute atomic E-state index is 13.5. The number of aromatic nitrogens is 3. The van der Waals surface area contributed by atoms with E-state index in [0.717, 1.165) is 0 Å². The molecule has 0 unspecified atom stereocenters. The van der Waals surface area contributed by atoms with Crippen molar-refractivity contribution in [3.05, 3.63) is 41.7 Å². The van der Waals surface area contributed by atoms with Crippen molar-refractivity contribution in [2.75, 3.05) is 6.54 Å². The molecule has 0 spiro atoms. The van der Waals surface area contributed by atoms with Crippen LogP contribution in [0.15, 0.2) is 24.3 Å². The van der Waals surface area contributed by atoms with Crippen molar-refractivity contribution in [3.63, 3.8) is 0 Å². The molecule has 0 saturated heterocycles. The zero-order chi connectivity index (χ0) is 11.5. The summed E-state index contributed by atoms with van der Waals surface area (Å²) in [6, 6.07) is 6.48. The predicted molar refractivity (Wildman–Crippen MR) is 58.8 cm³/mol. The third-order valence-corrected chi connectivity index (χ3v) is 2.26. The Morgan fingerprint density at radius 2 is 2.12 bits per heavy atom. The molecule has 0 aliphatic carbocycles. The van der Waals surface area contributed by atoms with E-state index in [2.05, 4.69) is 10.1 Å². The quantitative estimate of drug-likeness (QED) is 0.846. The average molecular weight is 220 g/mol. The maximum atomic E-state index is 13.5. The van der Waals surface area contributed by atoms with E-state index in [4.69, 9.17) is 5.73 Å². The first kappa shape index (κ1) is 10.8. The Labute approximate surface area is 92.9 Å². The molecule has 1 aromatic heterocycles. The molecule has 0 amide bonds. The van der Waals surface area contributed by atoms with E-state index >= 15 is 0 Å². The summed E-state index contributed by atoms with van der Waals surface area (Å²) in [6.45, 7) is 2.28. The fraction of sp³-hybridized carbons (Fsp3) is 0.273. The molecule has 0 saturated carbocycles. The molecule has 16 heavy (non-hydrogen) atoms. The molecule has 84 valence electrons. The van der Waals surface area contributed by atoms with Gasteiger partial charge in [-0.1, -0.05) is 12.1 Å². The number of hydrogen-bond acceptors (Lipinski definition) is 3. The Kier molecular flexibility index (Phi) is 2.96. The minimum absolute atomic E-state index is 0.310. The summed E-state index contributed by atoms with van der Waals surface area (Å²) in [5.74, 6) is 0.992. The Balaban J connectivity index is 2.44. The molecule has 0 fully saturated rings. The van der Waals surface area contributed by atoms with Crippen molar-refractivity contribution in [1.29, 1.82) is 0 Å². The molecule has 0 atom stereocenters. The number of benzene rings is 1. The van der Waals surface area contributed by atoms with Crippen molar-refractivity contribution in [3.8, 4) is 5.69 Å². The lowest BCUT2D eigenvalue weighted by Crippen LogP contribution is -2.05. The Bertz CT molecular complexity index is 492. The van der Waals surface area contributed by atoms with Gasteiger partial charge in [0.25, 0.3) is 0 Å². The van der Waals surface area contributed by atoms with Crippen LogP contribution in [0.25, 0.3) is 5.69 Å². The van der Waals surface area contributed by atoms with E-state index in [1.54, 1.807) is 25.1 Å². The highest BCUT2D eigenvalue weighted by molar-refractivity contribution is 5.33. The highest BCUT2D eigenvalue weighted by Crippen LogP contribution is 2.13. The highest BCUT2D eigenvalue weighted by atomic mass is 19.1. The molecule has 0 bridgehead atoms. The van der Waals surface area contributed by atoms with E-state index in [-0.39, 0.29) is 5.82 Å². The van der Waals surface area contributed by atoms with Gasteiger partial charge in [-0.25, -0.2) is 14.1 Å². The number of aryl methyl sites for hydroxylation is 1. The topological polar surface area (TPSA) is 56.7 Å². The predicted octanol–water partition coefficient (Wildman–Crippen LogP) is 1.22. The van der Waals surface area contributed by atoms with E-state index < -0.39 is 0 Å². The maximum Gasteiger partial charge on any atom is 0.152 e. The van der Waals surface area contributed by atoms with E-state index in [1.165, 1.54) is 10.7 Å². The molecule has 5 heteroatoms. The van der Waals surface area contributed by atoms with E-state index in [0.29, 0.717) is 30.3 Å². The van der Waals surface area contributed by atoms with E-state index in [9.17, 15) is 4.39 Å². The molecule has 0 aliphatic heterocycles. The zero-order valence-corrected chi connectivity index (χ0v) is 9.02. The molecule has 0 aliphatic rings. The smallest absolute Gasteiger partial charge is 0.152 e. The van der Waals surface area contributed by atoms with Crippen molar-refractivity contribution in [2.45, 2.75) is 13.3 Å². The first-order valence-electron chi connectivity index (χ1n) is 5.10. The van der Waals surface area contributed by atoms with Crippen LogP contribution in [-0.2, 0) is 6.42 Å². The minimum atomic E-state index is -0.310. The normalized spacial score (nSPS) is 10.7. The van der Waals surface area contributed by atoms with Gasteiger partial charge in [-0.05, 0) is 25.6 Å². The molecular weight excluding hydrogens is 207 g/mol. The number of para-hydroxylation sites is 1. The number of hydrogen-bond donors (Lipinski definition) is 1. The van der Waals surface area contributed by atoms with Crippen LogP contribution in [0.4, 0.5) is 4.39 Å². The average Bonchev–Trinajstić information content (AvgIpc) is 2.61. The zero-order valence-electron chi connectivity index (χ0n) is 9.02. The Morgan fingerprint density at radius 1 is 1.38 bits per heavy atom. The summed E-state index contributed by atoms with van der Waals surface area (Å²) in [4.78, 5) is 4.22. The first-order chi connectivity index (χ1) is 7.72. The van der Waals surface area contributed by atoms with Crippen LogP contribution in [0.5, 0.6) is 0 Å². The highest BCUT2D eigenvalue weighted by Gasteiger charge is 2.10.